The average molecular weight is 314 g/mol. The minimum atomic E-state index is -1.12. The van der Waals surface area contributed by atoms with Crippen molar-refractivity contribution in [3.8, 4) is 11.3 Å². The van der Waals surface area contributed by atoms with Crippen LogP contribution in [0.4, 0.5) is 0 Å². The first-order valence-electron chi connectivity index (χ1n) is 5.91. The molecule has 20 heavy (non-hydrogen) atoms. The van der Waals surface area contributed by atoms with Gasteiger partial charge in [-0.3, -0.25) is 0 Å². The number of hydrogen-bond acceptors (Lipinski definition) is 3. The first kappa shape index (κ1) is 14.9. The number of benzene rings is 1. The highest BCUT2D eigenvalue weighted by molar-refractivity contribution is 6.39. The third kappa shape index (κ3) is 2.53. The van der Waals surface area contributed by atoms with E-state index in [0.717, 1.165) is 0 Å². The summed E-state index contributed by atoms with van der Waals surface area (Å²) in [7, 11) is 0. The topological polar surface area (TPSA) is 63.3 Å². The molecule has 6 heteroatoms. The number of carboxylic acids is 1. The molecule has 2 rings (SSSR count). The van der Waals surface area contributed by atoms with Gasteiger partial charge < -0.3 is 9.63 Å². The molecule has 0 saturated carbocycles. The number of halogens is 2. The molecule has 2 aromatic rings. The number of rotatable bonds is 2. The van der Waals surface area contributed by atoms with E-state index >= 15 is 0 Å². The Bertz CT molecular complexity index is 651. The van der Waals surface area contributed by atoms with Crippen molar-refractivity contribution in [2.45, 2.75) is 26.2 Å². The standard InChI is InChI=1S/C14H13Cl2NO3/c1-14(2,3)12-10(13(18)19)11(17-20-12)9-7(15)5-4-6-8(9)16/h4-6H,1-3H3,(H,18,19). The highest BCUT2D eigenvalue weighted by Gasteiger charge is 2.32. The van der Waals surface area contributed by atoms with Crippen LogP contribution in [-0.2, 0) is 5.41 Å². The average Bonchev–Trinajstić information content (AvgIpc) is 2.73. The first-order valence-corrected chi connectivity index (χ1v) is 6.67. The Labute approximate surface area is 126 Å². The molecule has 0 aliphatic rings. The Kier molecular flexibility index (Phi) is 3.80. The summed E-state index contributed by atoms with van der Waals surface area (Å²) in [6, 6.07) is 4.93. The lowest BCUT2D eigenvalue weighted by molar-refractivity contribution is 0.0693. The molecule has 106 valence electrons. The van der Waals surface area contributed by atoms with Crippen molar-refractivity contribution in [1.82, 2.24) is 5.16 Å². The quantitative estimate of drug-likeness (QED) is 0.877. The van der Waals surface area contributed by atoms with Gasteiger partial charge in [-0.05, 0) is 12.1 Å². The molecule has 0 radical (unpaired) electrons. The van der Waals surface area contributed by atoms with E-state index in [-0.39, 0.29) is 17.0 Å². The fourth-order valence-electron chi connectivity index (χ4n) is 1.90. The third-order valence-electron chi connectivity index (χ3n) is 2.79. The fourth-order valence-corrected chi connectivity index (χ4v) is 2.47. The summed E-state index contributed by atoms with van der Waals surface area (Å²) in [5.41, 5.74) is 0.0187. The van der Waals surface area contributed by atoms with Crippen LogP contribution in [-0.4, -0.2) is 16.2 Å². The predicted molar refractivity (Wildman–Crippen MR) is 77.6 cm³/mol. The van der Waals surface area contributed by atoms with Gasteiger partial charge in [0, 0.05) is 11.0 Å². The second-order valence-electron chi connectivity index (χ2n) is 5.39. The van der Waals surface area contributed by atoms with Gasteiger partial charge in [0.15, 0.2) is 5.76 Å². The van der Waals surface area contributed by atoms with Crippen LogP contribution in [0, 0.1) is 0 Å². The van der Waals surface area contributed by atoms with E-state index in [1.54, 1.807) is 18.2 Å². The second kappa shape index (κ2) is 5.11. The maximum absolute atomic E-state index is 11.6. The van der Waals surface area contributed by atoms with Crippen molar-refractivity contribution < 1.29 is 14.4 Å². The Balaban J connectivity index is 2.77. The minimum Gasteiger partial charge on any atom is -0.477 e. The van der Waals surface area contributed by atoms with E-state index in [1.807, 2.05) is 20.8 Å². The molecule has 0 amide bonds. The molecule has 4 nitrogen and oxygen atoms in total. The van der Waals surface area contributed by atoms with E-state index in [4.69, 9.17) is 27.7 Å². The first-order chi connectivity index (χ1) is 9.23. The number of hydrogen-bond donors (Lipinski definition) is 1. The van der Waals surface area contributed by atoms with Gasteiger partial charge >= 0.3 is 5.97 Å². The van der Waals surface area contributed by atoms with Crippen LogP contribution < -0.4 is 0 Å². The largest absolute Gasteiger partial charge is 0.477 e. The number of carboxylic acid groups (broad SMARTS) is 1. The molecule has 0 unspecified atom stereocenters. The Morgan fingerprint density at radius 2 is 1.80 bits per heavy atom. The van der Waals surface area contributed by atoms with Crippen LogP contribution in [0.3, 0.4) is 0 Å². The van der Waals surface area contributed by atoms with Crippen LogP contribution in [0.5, 0.6) is 0 Å². The molecule has 0 bridgehead atoms. The molecule has 0 spiro atoms. The van der Waals surface area contributed by atoms with Crippen molar-refractivity contribution in [1.29, 1.82) is 0 Å². The molecular weight excluding hydrogens is 301 g/mol. The molecular formula is C14H13Cl2NO3. The van der Waals surface area contributed by atoms with Crippen LogP contribution in [0.15, 0.2) is 22.7 Å². The Hall–Kier alpha value is -1.52. The van der Waals surface area contributed by atoms with Gasteiger partial charge in [-0.2, -0.15) is 0 Å². The zero-order chi connectivity index (χ0) is 15.1. The molecule has 0 saturated heterocycles. The van der Waals surface area contributed by atoms with Gasteiger partial charge in [0.2, 0.25) is 0 Å². The highest BCUT2D eigenvalue weighted by Crippen LogP contribution is 2.39. The molecule has 0 aliphatic carbocycles. The molecule has 0 aliphatic heterocycles. The van der Waals surface area contributed by atoms with E-state index in [9.17, 15) is 9.90 Å². The van der Waals surface area contributed by atoms with Crippen molar-refractivity contribution in [3.05, 3.63) is 39.6 Å². The lowest BCUT2D eigenvalue weighted by Crippen LogP contribution is -2.15. The third-order valence-corrected chi connectivity index (χ3v) is 3.42. The zero-order valence-corrected chi connectivity index (χ0v) is 12.7. The second-order valence-corrected chi connectivity index (χ2v) is 6.20. The normalized spacial score (nSPS) is 11.7. The maximum Gasteiger partial charge on any atom is 0.341 e. The molecule has 1 heterocycles. The van der Waals surface area contributed by atoms with Crippen LogP contribution >= 0.6 is 23.2 Å². The highest BCUT2D eigenvalue weighted by atomic mass is 35.5. The number of nitrogens with zero attached hydrogens (tertiary/aromatic N) is 1. The molecule has 1 aromatic heterocycles. The van der Waals surface area contributed by atoms with Gasteiger partial charge in [-0.1, -0.05) is 55.2 Å². The number of aromatic carboxylic acids is 1. The van der Waals surface area contributed by atoms with Gasteiger partial charge in [0.25, 0.3) is 0 Å². The lowest BCUT2D eigenvalue weighted by Gasteiger charge is -2.14. The van der Waals surface area contributed by atoms with E-state index in [1.165, 1.54) is 0 Å². The monoisotopic (exact) mass is 313 g/mol. The Morgan fingerprint density at radius 3 is 2.25 bits per heavy atom. The maximum atomic E-state index is 11.6. The van der Waals surface area contributed by atoms with E-state index < -0.39 is 11.4 Å². The summed E-state index contributed by atoms with van der Waals surface area (Å²) in [6.07, 6.45) is 0. The van der Waals surface area contributed by atoms with Crippen LogP contribution in [0.1, 0.15) is 36.9 Å². The van der Waals surface area contributed by atoms with Gasteiger partial charge in [0.05, 0.1) is 10.0 Å². The summed E-state index contributed by atoms with van der Waals surface area (Å²) in [5.74, 6) is -0.835. The van der Waals surface area contributed by atoms with Gasteiger partial charge in [-0.15, -0.1) is 0 Å². The molecule has 1 N–H and O–H groups in total. The minimum absolute atomic E-state index is 0.00694. The van der Waals surface area contributed by atoms with Crippen molar-refractivity contribution >= 4 is 29.2 Å². The van der Waals surface area contributed by atoms with Crippen molar-refractivity contribution in [2.75, 3.05) is 0 Å². The van der Waals surface area contributed by atoms with Crippen molar-refractivity contribution in [2.24, 2.45) is 0 Å². The molecule has 0 atom stereocenters. The van der Waals surface area contributed by atoms with Gasteiger partial charge in [-0.25, -0.2) is 4.79 Å². The predicted octanol–water partition coefficient (Wildman–Crippen LogP) is 4.64. The smallest absolute Gasteiger partial charge is 0.341 e. The number of carbonyl (C=O) groups is 1. The summed E-state index contributed by atoms with van der Waals surface area (Å²) in [4.78, 5) is 11.6. The Morgan fingerprint density at radius 1 is 1.25 bits per heavy atom. The van der Waals surface area contributed by atoms with E-state index in [0.29, 0.717) is 15.6 Å². The lowest BCUT2D eigenvalue weighted by atomic mass is 9.89. The van der Waals surface area contributed by atoms with Crippen LogP contribution in [0.25, 0.3) is 11.3 Å². The van der Waals surface area contributed by atoms with Crippen LogP contribution in [0.2, 0.25) is 10.0 Å². The summed E-state index contributed by atoms with van der Waals surface area (Å²) in [6.45, 7) is 5.54. The molecule has 1 aromatic carbocycles. The number of aromatic nitrogens is 1. The SMILES string of the molecule is CC(C)(C)c1onc(-c2c(Cl)cccc2Cl)c1C(=O)O. The zero-order valence-electron chi connectivity index (χ0n) is 11.2. The van der Waals surface area contributed by atoms with E-state index in [2.05, 4.69) is 5.16 Å². The summed E-state index contributed by atoms with van der Waals surface area (Å²) >= 11 is 12.2. The van der Waals surface area contributed by atoms with Gasteiger partial charge in [0.1, 0.15) is 11.3 Å². The summed E-state index contributed by atoms with van der Waals surface area (Å²) in [5, 5.41) is 14.0. The molecule has 0 fully saturated rings. The fraction of sp³-hybridized carbons (Fsp3) is 0.286. The van der Waals surface area contributed by atoms with Crippen molar-refractivity contribution in [3.63, 3.8) is 0 Å². The summed E-state index contributed by atoms with van der Waals surface area (Å²) < 4.78 is 5.24.